The maximum absolute atomic E-state index is 10.3. The van der Waals surface area contributed by atoms with Gasteiger partial charge in [-0.1, -0.05) is 62.6 Å². The van der Waals surface area contributed by atoms with Gasteiger partial charge >= 0.3 is 5.97 Å². The second-order valence-electron chi connectivity index (χ2n) is 5.37. The fraction of sp³-hybridized carbons (Fsp3) is 0.632. The lowest BCUT2D eigenvalue weighted by Gasteiger charge is -1.98. The van der Waals surface area contributed by atoms with Crippen LogP contribution in [0.5, 0.6) is 0 Å². The van der Waals surface area contributed by atoms with Gasteiger partial charge in [-0.25, -0.2) is 0 Å². The molecule has 0 aliphatic heterocycles. The van der Waals surface area contributed by atoms with Crippen molar-refractivity contribution in [3.8, 4) is 0 Å². The van der Waals surface area contributed by atoms with Gasteiger partial charge in [0.1, 0.15) is 0 Å². The molecule has 0 aliphatic carbocycles. The van der Waals surface area contributed by atoms with E-state index in [-0.39, 0.29) is 6.42 Å². The Morgan fingerprint density at radius 2 is 1.29 bits per heavy atom. The van der Waals surface area contributed by atoms with E-state index in [2.05, 4.69) is 31.2 Å². The molecule has 0 spiro atoms. The van der Waals surface area contributed by atoms with Crippen molar-refractivity contribution in [3.05, 3.63) is 36.5 Å². The molecule has 0 unspecified atom stereocenters. The van der Waals surface area contributed by atoms with Gasteiger partial charge in [0, 0.05) is 6.42 Å². The summed E-state index contributed by atoms with van der Waals surface area (Å²) in [6, 6.07) is 0. The number of carboxylic acid groups (broad SMARTS) is 1. The van der Waals surface area contributed by atoms with Crippen LogP contribution in [0.25, 0.3) is 0 Å². The van der Waals surface area contributed by atoms with Crippen LogP contribution in [0.4, 0.5) is 0 Å². The van der Waals surface area contributed by atoms with Gasteiger partial charge in [0.25, 0.3) is 0 Å². The van der Waals surface area contributed by atoms with Crippen molar-refractivity contribution in [1.29, 1.82) is 0 Å². The number of unbranched alkanes of at least 4 members (excludes halogenated alkanes) is 7. The van der Waals surface area contributed by atoms with Crippen molar-refractivity contribution in [1.82, 2.24) is 0 Å². The highest BCUT2D eigenvalue weighted by atomic mass is 16.4. The SMILES string of the molecule is CC/C=C/CCCCCCC/C=C/C=C/CCCC(=O)O. The largest absolute Gasteiger partial charge is 0.481 e. The molecule has 1 N–H and O–H groups in total. The van der Waals surface area contributed by atoms with Gasteiger partial charge in [-0.3, -0.25) is 4.79 Å². The monoisotopic (exact) mass is 292 g/mol. The Balaban J connectivity index is 3.23. The standard InChI is InChI=1S/C19H32O2/c1-2-3-4-5-6-7-8-9-10-11-12-13-14-15-16-17-18-19(20)21/h3-4,12-15H,2,5-11,16-18H2,1H3,(H,20,21)/b4-3+,13-12+,15-14+. The van der Waals surface area contributed by atoms with Crippen LogP contribution in [-0.2, 0) is 4.79 Å². The third kappa shape index (κ3) is 18.7. The number of hydrogen-bond donors (Lipinski definition) is 1. The molecule has 0 aromatic heterocycles. The van der Waals surface area contributed by atoms with Crippen molar-refractivity contribution in [2.45, 2.75) is 77.6 Å². The predicted molar refractivity (Wildman–Crippen MR) is 91.5 cm³/mol. The van der Waals surface area contributed by atoms with Crippen LogP contribution < -0.4 is 0 Å². The van der Waals surface area contributed by atoms with E-state index in [4.69, 9.17) is 5.11 Å². The summed E-state index contributed by atoms with van der Waals surface area (Å²) in [6.45, 7) is 2.18. The molecule has 21 heavy (non-hydrogen) atoms. The smallest absolute Gasteiger partial charge is 0.303 e. The summed E-state index contributed by atoms with van der Waals surface area (Å²) >= 11 is 0. The molecule has 120 valence electrons. The molecule has 0 aliphatic rings. The average Bonchev–Trinajstić information content (AvgIpc) is 2.46. The lowest BCUT2D eigenvalue weighted by Crippen LogP contribution is -1.92. The zero-order valence-corrected chi connectivity index (χ0v) is 13.6. The quantitative estimate of drug-likeness (QED) is 0.240. The molecule has 0 atom stereocenters. The number of rotatable bonds is 14. The van der Waals surface area contributed by atoms with Gasteiger partial charge in [0.15, 0.2) is 0 Å². The summed E-state index contributed by atoms with van der Waals surface area (Å²) in [5.74, 6) is -0.708. The Kier molecular flexibility index (Phi) is 15.7. The molecule has 0 amide bonds. The van der Waals surface area contributed by atoms with Crippen molar-refractivity contribution in [2.24, 2.45) is 0 Å². The van der Waals surface area contributed by atoms with Crippen LogP contribution in [0.15, 0.2) is 36.5 Å². The first-order valence-corrected chi connectivity index (χ1v) is 8.45. The molecule has 2 nitrogen and oxygen atoms in total. The van der Waals surface area contributed by atoms with Gasteiger partial charge in [0.2, 0.25) is 0 Å². The zero-order valence-electron chi connectivity index (χ0n) is 13.6. The Bertz CT molecular complexity index is 314. The second-order valence-corrected chi connectivity index (χ2v) is 5.37. The number of carbonyl (C=O) groups is 1. The molecular weight excluding hydrogens is 260 g/mol. The van der Waals surface area contributed by atoms with E-state index in [9.17, 15) is 4.79 Å². The van der Waals surface area contributed by atoms with Crippen molar-refractivity contribution in [3.63, 3.8) is 0 Å². The topological polar surface area (TPSA) is 37.3 Å². The van der Waals surface area contributed by atoms with Crippen LogP contribution >= 0.6 is 0 Å². The number of allylic oxidation sites excluding steroid dienone is 6. The highest BCUT2D eigenvalue weighted by Crippen LogP contribution is 2.08. The van der Waals surface area contributed by atoms with Crippen LogP contribution in [0.2, 0.25) is 0 Å². The Hall–Kier alpha value is -1.31. The van der Waals surface area contributed by atoms with Crippen LogP contribution in [0, 0.1) is 0 Å². The summed E-state index contributed by atoms with van der Waals surface area (Å²) in [4.78, 5) is 10.3. The second kappa shape index (κ2) is 16.7. The summed E-state index contributed by atoms with van der Waals surface area (Å²) in [7, 11) is 0. The summed E-state index contributed by atoms with van der Waals surface area (Å²) in [5.41, 5.74) is 0. The van der Waals surface area contributed by atoms with E-state index in [0.29, 0.717) is 0 Å². The van der Waals surface area contributed by atoms with E-state index >= 15 is 0 Å². The van der Waals surface area contributed by atoms with Gasteiger partial charge in [0.05, 0.1) is 0 Å². The molecule has 0 saturated heterocycles. The fourth-order valence-electron chi connectivity index (χ4n) is 2.06. The molecule has 0 saturated carbocycles. The normalized spacial score (nSPS) is 12.0. The van der Waals surface area contributed by atoms with Crippen molar-refractivity contribution >= 4 is 5.97 Å². The summed E-state index contributed by atoms with van der Waals surface area (Å²) < 4.78 is 0. The first kappa shape index (κ1) is 19.7. The van der Waals surface area contributed by atoms with Crippen LogP contribution in [-0.4, -0.2) is 11.1 Å². The fourth-order valence-corrected chi connectivity index (χ4v) is 2.06. The maximum Gasteiger partial charge on any atom is 0.303 e. The van der Waals surface area contributed by atoms with Crippen molar-refractivity contribution < 1.29 is 9.90 Å². The zero-order chi connectivity index (χ0) is 15.6. The highest BCUT2D eigenvalue weighted by molar-refractivity contribution is 5.66. The number of hydrogen-bond acceptors (Lipinski definition) is 1. The molecule has 0 aromatic rings. The Morgan fingerprint density at radius 3 is 1.86 bits per heavy atom. The molecule has 2 heteroatoms. The maximum atomic E-state index is 10.3. The number of carboxylic acids is 1. The first-order valence-electron chi connectivity index (χ1n) is 8.45. The van der Waals surface area contributed by atoms with E-state index in [1.807, 2.05) is 12.2 Å². The minimum absolute atomic E-state index is 0.266. The van der Waals surface area contributed by atoms with E-state index in [1.54, 1.807) is 0 Å². The van der Waals surface area contributed by atoms with Gasteiger partial charge < -0.3 is 5.11 Å². The molecule has 0 radical (unpaired) electrons. The molecule has 0 fully saturated rings. The molecule has 0 aromatic carbocycles. The number of aliphatic carboxylic acids is 1. The van der Waals surface area contributed by atoms with Crippen molar-refractivity contribution in [2.75, 3.05) is 0 Å². The minimum atomic E-state index is -0.708. The van der Waals surface area contributed by atoms with Crippen LogP contribution in [0.1, 0.15) is 77.6 Å². The Labute approximate surface area is 130 Å². The molecule has 0 heterocycles. The lowest BCUT2D eigenvalue weighted by molar-refractivity contribution is -0.137. The van der Waals surface area contributed by atoms with Gasteiger partial charge in [-0.15, -0.1) is 0 Å². The average molecular weight is 292 g/mol. The van der Waals surface area contributed by atoms with E-state index in [0.717, 1.165) is 25.7 Å². The summed E-state index contributed by atoms with van der Waals surface area (Å²) in [6.07, 6.45) is 24.9. The summed E-state index contributed by atoms with van der Waals surface area (Å²) in [5, 5.41) is 8.49. The third-order valence-corrected chi connectivity index (χ3v) is 3.29. The first-order chi connectivity index (χ1) is 10.3. The Morgan fingerprint density at radius 1 is 0.762 bits per heavy atom. The van der Waals surface area contributed by atoms with Gasteiger partial charge in [-0.05, 0) is 44.9 Å². The predicted octanol–water partition coefficient (Wildman–Crippen LogP) is 6.05. The minimum Gasteiger partial charge on any atom is -0.481 e. The molecular formula is C19H32O2. The van der Waals surface area contributed by atoms with Gasteiger partial charge in [-0.2, -0.15) is 0 Å². The van der Waals surface area contributed by atoms with E-state index in [1.165, 1.54) is 38.5 Å². The lowest BCUT2D eigenvalue weighted by atomic mass is 10.1. The van der Waals surface area contributed by atoms with E-state index < -0.39 is 5.97 Å². The highest BCUT2D eigenvalue weighted by Gasteiger charge is 1.92. The third-order valence-electron chi connectivity index (χ3n) is 3.29. The molecule has 0 rings (SSSR count). The molecule has 0 bridgehead atoms. The van der Waals surface area contributed by atoms with Crippen LogP contribution in [0.3, 0.4) is 0 Å².